The third-order valence-electron chi connectivity index (χ3n) is 4.63. The van der Waals surface area contributed by atoms with Gasteiger partial charge in [0.2, 0.25) is 0 Å². The number of halogens is 3. The summed E-state index contributed by atoms with van der Waals surface area (Å²) in [5.74, 6) is -0.423. The van der Waals surface area contributed by atoms with Crippen LogP contribution in [0.5, 0.6) is 5.75 Å². The second kappa shape index (κ2) is 8.02. The van der Waals surface area contributed by atoms with Crippen molar-refractivity contribution in [2.45, 2.75) is 36.8 Å². The third kappa shape index (κ3) is 4.28. The Kier molecular flexibility index (Phi) is 5.80. The van der Waals surface area contributed by atoms with Crippen LogP contribution < -0.4 is 10.4 Å². The Morgan fingerprint density at radius 1 is 1.07 bits per heavy atom. The van der Waals surface area contributed by atoms with Crippen LogP contribution in [-0.4, -0.2) is 24.3 Å². The second-order valence-electron chi connectivity index (χ2n) is 6.52. The van der Waals surface area contributed by atoms with Gasteiger partial charge in [0, 0.05) is 5.69 Å². The molecule has 1 unspecified atom stereocenters. The molecule has 3 rings (SSSR count). The molecule has 10 heteroatoms. The van der Waals surface area contributed by atoms with Crippen molar-refractivity contribution in [2.24, 2.45) is 0 Å². The summed E-state index contributed by atoms with van der Waals surface area (Å²) in [5.41, 5.74) is 0.373. The number of alkyl halides is 3. The predicted molar refractivity (Wildman–Crippen MR) is 104 cm³/mol. The molecule has 1 aromatic heterocycles. The average molecular weight is 440 g/mol. The van der Waals surface area contributed by atoms with Gasteiger partial charge in [-0.2, -0.15) is 0 Å². The van der Waals surface area contributed by atoms with E-state index in [0.717, 1.165) is 12.1 Å². The number of H-pyrrole nitrogens is 1. The largest absolute Gasteiger partial charge is 0.573 e. The summed E-state index contributed by atoms with van der Waals surface area (Å²) in [7, 11) is -3.77. The van der Waals surface area contributed by atoms with Crippen molar-refractivity contribution in [1.82, 2.24) is 9.55 Å². The number of sulfone groups is 1. The van der Waals surface area contributed by atoms with Crippen molar-refractivity contribution in [3.63, 3.8) is 0 Å². The molecule has 0 saturated heterocycles. The van der Waals surface area contributed by atoms with Gasteiger partial charge in [-0.05, 0) is 49.7 Å². The quantitative estimate of drug-likeness (QED) is 0.624. The molecule has 0 bridgehead atoms. The van der Waals surface area contributed by atoms with Crippen molar-refractivity contribution < 1.29 is 26.3 Å². The van der Waals surface area contributed by atoms with E-state index in [9.17, 15) is 26.4 Å². The number of hydrogen-bond acceptors (Lipinski definition) is 4. The summed E-state index contributed by atoms with van der Waals surface area (Å²) < 4.78 is 68.1. The van der Waals surface area contributed by atoms with Crippen molar-refractivity contribution in [1.29, 1.82) is 0 Å². The molecule has 0 spiro atoms. The summed E-state index contributed by atoms with van der Waals surface area (Å²) in [6.45, 7) is 3.24. The lowest BCUT2D eigenvalue weighted by atomic mass is 10.2. The van der Waals surface area contributed by atoms with Gasteiger partial charge in [0.15, 0.2) is 9.84 Å². The molecular formula is C20H19F3N2O4S. The zero-order chi connectivity index (χ0) is 22.1. The fourth-order valence-corrected chi connectivity index (χ4v) is 4.66. The van der Waals surface area contributed by atoms with Crippen LogP contribution in [0, 0.1) is 0 Å². The Bertz CT molecular complexity index is 1180. The summed E-state index contributed by atoms with van der Waals surface area (Å²) >= 11 is 0. The molecule has 1 N–H and O–H groups in total. The van der Waals surface area contributed by atoms with E-state index in [1.807, 2.05) is 0 Å². The van der Waals surface area contributed by atoms with Gasteiger partial charge in [0.25, 0.3) is 0 Å². The zero-order valence-electron chi connectivity index (χ0n) is 16.1. The van der Waals surface area contributed by atoms with Crippen LogP contribution in [0.3, 0.4) is 0 Å². The maximum absolute atomic E-state index is 13.0. The van der Waals surface area contributed by atoms with Gasteiger partial charge >= 0.3 is 12.1 Å². The van der Waals surface area contributed by atoms with Gasteiger partial charge in [-0.3, -0.25) is 4.57 Å². The fourth-order valence-electron chi connectivity index (χ4n) is 3.21. The highest BCUT2D eigenvalue weighted by molar-refractivity contribution is 7.91. The molecule has 2 aromatic carbocycles. The Morgan fingerprint density at radius 3 is 2.20 bits per heavy atom. The molecule has 0 saturated carbocycles. The van der Waals surface area contributed by atoms with Gasteiger partial charge in [-0.15, -0.1) is 13.2 Å². The molecule has 3 aromatic rings. The number of nitrogens with one attached hydrogen (secondary N) is 1. The van der Waals surface area contributed by atoms with Gasteiger partial charge < -0.3 is 9.72 Å². The predicted octanol–water partition coefficient (Wildman–Crippen LogP) is 4.16. The molecule has 6 nitrogen and oxygen atoms in total. The van der Waals surface area contributed by atoms with Crippen LogP contribution >= 0.6 is 0 Å². The van der Waals surface area contributed by atoms with E-state index in [4.69, 9.17) is 0 Å². The normalized spacial score (nSPS) is 13.2. The standard InChI is InChI=1S/C20H19F3N2O4S/c1-3-17-18(13(2)30(27,28)16-7-5-4-6-8-16)24-19(26)25(17)14-9-11-15(12-10-14)29-20(21,22)23/h4-13H,3H2,1-2H3,(H,24,26). The maximum atomic E-state index is 13.0. The van der Waals surface area contributed by atoms with E-state index >= 15 is 0 Å². The Hall–Kier alpha value is -3.01. The van der Waals surface area contributed by atoms with Crippen LogP contribution in [0.15, 0.2) is 64.3 Å². The first-order valence-corrected chi connectivity index (χ1v) is 10.6. The van der Waals surface area contributed by atoms with E-state index in [2.05, 4.69) is 9.72 Å². The molecule has 0 aliphatic rings. The number of benzene rings is 2. The van der Waals surface area contributed by atoms with Crippen LogP contribution in [-0.2, 0) is 16.3 Å². The summed E-state index contributed by atoms with van der Waals surface area (Å²) in [4.78, 5) is 15.3. The van der Waals surface area contributed by atoms with Crippen LogP contribution in [0.25, 0.3) is 5.69 Å². The number of aromatic amines is 1. The lowest BCUT2D eigenvalue weighted by Crippen LogP contribution is -2.18. The minimum atomic E-state index is -4.82. The minimum Gasteiger partial charge on any atom is -0.406 e. The average Bonchev–Trinajstić information content (AvgIpc) is 3.03. The maximum Gasteiger partial charge on any atom is 0.573 e. The number of nitrogens with zero attached hydrogens (tertiary/aromatic N) is 1. The number of rotatable bonds is 6. The van der Waals surface area contributed by atoms with E-state index in [1.165, 1.54) is 35.8 Å². The van der Waals surface area contributed by atoms with Crippen LogP contribution in [0.4, 0.5) is 13.2 Å². The SMILES string of the molecule is CCc1c(C(C)S(=O)(=O)c2ccccc2)[nH]c(=O)n1-c1ccc(OC(F)(F)F)cc1. The third-order valence-corrected chi connectivity index (χ3v) is 6.73. The lowest BCUT2D eigenvalue weighted by Gasteiger charge is -2.15. The molecular weight excluding hydrogens is 421 g/mol. The number of imidazole rings is 1. The van der Waals surface area contributed by atoms with E-state index in [1.54, 1.807) is 25.1 Å². The van der Waals surface area contributed by atoms with E-state index in [0.29, 0.717) is 12.1 Å². The monoisotopic (exact) mass is 440 g/mol. The fraction of sp³-hybridized carbons (Fsp3) is 0.250. The van der Waals surface area contributed by atoms with Gasteiger partial charge in [-0.1, -0.05) is 25.1 Å². The second-order valence-corrected chi connectivity index (χ2v) is 8.79. The van der Waals surface area contributed by atoms with Gasteiger partial charge in [-0.25, -0.2) is 13.2 Å². The molecule has 160 valence electrons. The topological polar surface area (TPSA) is 81.2 Å². The van der Waals surface area contributed by atoms with Gasteiger partial charge in [0.1, 0.15) is 11.0 Å². The summed E-state index contributed by atoms with van der Waals surface area (Å²) in [6, 6.07) is 12.7. The van der Waals surface area contributed by atoms with E-state index < -0.39 is 32.9 Å². The molecule has 1 heterocycles. The Morgan fingerprint density at radius 2 is 1.67 bits per heavy atom. The van der Waals surface area contributed by atoms with Gasteiger partial charge in [0.05, 0.1) is 16.3 Å². The smallest absolute Gasteiger partial charge is 0.406 e. The van der Waals surface area contributed by atoms with Crippen LogP contribution in [0.1, 0.15) is 30.5 Å². The van der Waals surface area contributed by atoms with Crippen molar-refractivity contribution >= 4 is 9.84 Å². The molecule has 1 atom stereocenters. The number of ether oxygens (including phenoxy) is 1. The molecule has 0 radical (unpaired) electrons. The number of hydrogen-bond donors (Lipinski definition) is 1. The first kappa shape index (κ1) is 21.7. The molecule has 0 fully saturated rings. The highest BCUT2D eigenvalue weighted by Gasteiger charge is 2.32. The first-order valence-electron chi connectivity index (χ1n) is 9.03. The highest BCUT2D eigenvalue weighted by Crippen LogP contribution is 2.30. The highest BCUT2D eigenvalue weighted by atomic mass is 32.2. The molecule has 0 aliphatic heterocycles. The number of aromatic nitrogens is 2. The van der Waals surface area contributed by atoms with E-state index in [-0.39, 0.29) is 16.3 Å². The van der Waals surface area contributed by atoms with Crippen molar-refractivity contribution in [2.75, 3.05) is 0 Å². The minimum absolute atomic E-state index is 0.127. The Labute approximate surface area is 170 Å². The molecule has 0 aliphatic carbocycles. The summed E-state index contributed by atoms with van der Waals surface area (Å²) in [5, 5.41) is -1.03. The summed E-state index contributed by atoms with van der Waals surface area (Å²) in [6.07, 6.45) is -4.50. The molecule has 30 heavy (non-hydrogen) atoms. The zero-order valence-corrected chi connectivity index (χ0v) is 16.9. The lowest BCUT2D eigenvalue weighted by molar-refractivity contribution is -0.274. The van der Waals surface area contributed by atoms with Crippen LogP contribution in [0.2, 0.25) is 0 Å². The van der Waals surface area contributed by atoms with Crippen molar-refractivity contribution in [3.8, 4) is 11.4 Å². The first-order chi connectivity index (χ1) is 14.0. The Balaban J connectivity index is 2.03. The van der Waals surface area contributed by atoms with Crippen molar-refractivity contribution in [3.05, 3.63) is 76.5 Å². The molecule has 0 amide bonds.